The summed E-state index contributed by atoms with van der Waals surface area (Å²) < 4.78 is 0. The Morgan fingerprint density at radius 2 is 1.90 bits per heavy atom. The highest BCUT2D eigenvalue weighted by Crippen LogP contribution is 2.30. The Morgan fingerprint density at radius 3 is 2.53 bits per heavy atom. The lowest BCUT2D eigenvalue weighted by molar-refractivity contribution is -0.141. The van der Waals surface area contributed by atoms with Gasteiger partial charge < -0.3 is 19.6 Å². The topological polar surface area (TPSA) is 90.0 Å². The maximum absolute atomic E-state index is 13.1. The van der Waals surface area contributed by atoms with Crippen molar-refractivity contribution in [3.63, 3.8) is 0 Å². The van der Waals surface area contributed by atoms with Gasteiger partial charge in [-0.15, -0.1) is 0 Å². The molecule has 0 aliphatic carbocycles. The van der Waals surface area contributed by atoms with Crippen molar-refractivity contribution in [2.75, 3.05) is 45.7 Å². The van der Waals surface area contributed by atoms with Crippen LogP contribution < -0.4 is 4.90 Å². The standard InChI is InChI=1S/C21H32N6O3/c1-15(28)25(4)13-16-12-18(24(2)3)23-21(22-16)17-8-5-6-11-27(17)20(30)14-26-10-7-9-19(26)29/h12,17H,5-11,13-14H2,1-4H3/t17-/m1/s1. The zero-order valence-corrected chi connectivity index (χ0v) is 18.4. The van der Waals surface area contributed by atoms with Crippen molar-refractivity contribution >= 4 is 23.5 Å². The zero-order valence-electron chi connectivity index (χ0n) is 18.4. The lowest BCUT2D eigenvalue weighted by Crippen LogP contribution is -2.45. The Labute approximate surface area is 178 Å². The average molecular weight is 417 g/mol. The second-order valence-corrected chi connectivity index (χ2v) is 8.36. The van der Waals surface area contributed by atoms with Crippen molar-refractivity contribution in [2.24, 2.45) is 0 Å². The summed E-state index contributed by atoms with van der Waals surface area (Å²) in [6, 6.07) is 1.66. The monoisotopic (exact) mass is 416 g/mol. The Balaban J connectivity index is 1.86. The fourth-order valence-corrected chi connectivity index (χ4v) is 3.94. The molecule has 1 aromatic heterocycles. The van der Waals surface area contributed by atoms with E-state index in [1.54, 1.807) is 16.8 Å². The highest BCUT2D eigenvalue weighted by atomic mass is 16.2. The number of carbonyl (C=O) groups is 3. The molecule has 1 aromatic rings. The van der Waals surface area contributed by atoms with E-state index in [9.17, 15) is 14.4 Å². The predicted octanol–water partition coefficient (Wildman–Crippen LogP) is 1.20. The van der Waals surface area contributed by atoms with Gasteiger partial charge in [0.05, 0.1) is 24.8 Å². The number of hydrogen-bond donors (Lipinski definition) is 0. The highest BCUT2D eigenvalue weighted by molar-refractivity contribution is 5.86. The van der Waals surface area contributed by atoms with Crippen molar-refractivity contribution in [3.8, 4) is 0 Å². The molecular formula is C21H32N6O3. The predicted molar refractivity (Wildman–Crippen MR) is 113 cm³/mol. The molecule has 3 amide bonds. The van der Waals surface area contributed by atoms with E-state index in [1.807, 2.05) is 30.0 Å². The summed E-state index contributed by atoms with van der Waals surface area (Å²) in [5.74, 6) is 1.33. The fraction of sp³-hybridized carbons (Fsp3) is 0.667. The molecule has 0 saturated carbocycles. The van der Waals surface area contributed by atoms with E-state index in [4.69, 9.17) is 9.97 Å². The van der Waals surface area contributed by atoms with E-state index in [0.717, 1.165) is 37.2 Å². The fourth-order valence-electron chi connectivity index (χ4n) is 3.94. The molecule has 3 rings (SSSR count). The van der Waals surface area contributed by atoms with Gasteiger partial charge in [0.1, 0.15) is 5.82 Å². The van der Waals surface area contributed by atoms with Crippen molar-refractivity contribution in [1.29, 1.82) is 0 Å². The SMILES string of the molecule is CC(=O)N(C)Cc1cc(N(C)C)nc([C@H]2CCCCN2C(=O)CN2CCCC2=O)n1. The van der Waals surface area contributed by atoms with Gasteiger partial charge in [-0.1, -0.05) is 0 Å². The Morgan fingerprint density at radius 1 is 1.13 bits per heavy atom. The lowest BCUT2D eigenvalue weighted by Gasteiger charge is -2.36. The highest BCUT2D eigenvalue weighted by Gasteiger charge is 2.33. The van der Waals surface area contributed by atoms with Crippen molar-refractivity contribution in [2.45, 2.75) is 51.6 Å². The molecule has 2 aliphatic heterocycles. The summed E-state index contributed by atoms with van der Waals surface area (Å²) >= 11 is 0. The van der Waals surface area contributed by atoms with Gasteiger partial charge in [-0.3, -0.25) is 14.4 Å². The average Bonchev–Trinajstić information content (AvgIpc) is 3.12. The van der Waals surface area contributed by atoms with Crippen LogP contribution in [0.3, 0.4) is 0 Å². The number of rotatable bonds is 6. The zero-order chi connectivity index (χ0) is 21.8. The van der Waals surface area contributed by atoms with Gasteiger partial charge in [0, 0.05) is 53.6 Å². The molecule has 0 radical (unpaired) electrons. The van der Waals surface area contributed by atoms with E-state index in [-0.39, 0.29) is 30.3 Å². The Kier molecular flexibility index (Phi) is 6.89. The Bertz CT molecular complexity index is 812. The number of amides is 3. The third kappa shape index (κ3) is 5.06. The molecule has 0 aromatic carbocycles. The third-order valence-electron chi connectivity index (χ3n) is 5.80. The second kappa shape index (κ2) is 9.40. The number of anilines is 1. The van der Waals surface area contributed by atoms with E-state index >= 15 is 0 Å². The van der Waals surface area contributed by atoms with Crippen molar-refractivity contribution < 1.29 is 14.4 Å². The van der Waals surface area contributed by atoms with Crippen LogP contribution in [-0.4, -0.2) is 83.2 Å². The largest absolute Gasteiger partial charge is 0.363 e. The molecule has 2 saturated heterocycles. The van der Waals surface area contributed by atoms with Gasteiger partial charge in [0.2, 0.25) is 17.7 Å². The van der Waals surface area contributed by atoms with Crippen LogP contribution >= 0.6 is 0 Å². The molecule has 0 spiro atoms. The molecule has 164 valence electrons. The van der Waals surface area contributed by atoms with Crippen LogP contribution in [-0.2, 0) is 20.9 Å². The minimum absolute atomic E-state index is 0.0358. The minimum atomic E-state index is -0.217. The molecule has 0 unspecified atom stereocenters. The van der Waals surface area contributed by atoms with Gasteiger partial charge in [-0.2, -0.15) is 0 Å². The third-order valence-corrected chi connectivity index (χ3v) is 5.80. The van der Waals surface area contributed by atoms with E-state index in [2.05, 4.69) is 0 Å². The number of piperidine rings is 1. The smallest absolute Gasteiger partial charge is 0.242 e. The first kappa shape index (κ1) is 22.0. The molecular weight excluding hydrogens is 384 g/mol. The summed E-state index contributed by atoms with van der Waals surface area (Å²) in [7, 11) is 5.56. The van der Waals surface area contributed by atoms with Crippen LogP contribution in [0.1, 0.15) is 56.6 Å². The van der Waals surface area contributed by atoms with Gasteiger partial charge in [-0.25, -0.2) is 9.97 Å². The number of carbonyl (C=O) groups excluding carboxylic acids is 3. The molecule has 30 heavy (non-hydrogen) atoms. The normalized spacial score (nSPS) is 19.2. The van der Waals surface area contributed by atoms with Gasteiger partial charge in [0.25, 0.3) is 0 Å². The quantitative estimate of drug-likeness (QED) is 0.692. The number of hydrogen-bond acceptors (Lipinski definition) is 6. The van der Waals surface area contributed by atoms with E-state index < -0.39 is 0 Å². The molecule has 0 N–H and O–H groups in total. The van der Waals surface area contributed by atoms with Crippen LogP contribution in [0.25, 0.3) is 0 Å². The van der Waals surface area contributed by atoms with Crippen molar-refractivity contribution in [1.82, 2.24) is 24.7 Å². The molecule has 0 bridgehead atoms. The van der Waals surface area contributed by atoms with Crippen LogP contribution in [0, 0.1) is 0 Å². The summed E-state index contributed by atoms with van der Waals surface area (Å²) in [6.07, 6.45) is 4.06. The van der Waals surface area contributed by atoms with Crippen LogP contribution in [0.4, 0.5) is 5.82 Å². The summed E-state index contributed by atoms with van der Waals surface area (Å²) in [6.45, 7) is 3.33. The van der Waals surface area contributed by atoms with Gasteiger partial charge >= 0.3 is 0 Å². The van der Waals surface area contributed by atoms with E-state index in [0.29, 0.717) is 31.9 Å². The second-order valence-electron chi connectivity index (χ2n) is 8.36. The molecule has 1 atom stereocenters. The number of aromatic nitrogens is 2. The van der Waals surface area contributed by atoms with Gasteiger partial charge in [0.15, 0.2) is 5.82 Å². The molecule has 9 heteroatoms. The maximum Gasteiger partial charge on any atom is 0.242 e. The number of nitrogens with zero attached hydrogens (tertiary/aromatic N) is 6. The summed E-state index contributed by atoms with van der Waals surface area (Å²) in [5, 5.41) is 0. The minimum Gasteiger partial charge on any atom is -0.363 e. The van der Waals surface area contributed by atoms with Crippen LogP contribution in [0.2, 0.25) is 0 Å². The number of likely N-dealkylation sites (tertiary alicyclic amines) is 2. The van der Waals surface area contributed by atoms with Crippen LogP contribution in [0.5, 0.6) is 0 Å². The Hall–Kier alpha value is -2.71. The molecule has 9 nitrogen and oxygen atoms in total. The van der Waals surface area contributed by atoms with Crippen LogP contribution in [0.15, 0.2) is 6.07 Å². The molecule has 3 heterocycles. The first-order valence-electron chi connectivity index (χ1n) is 10.6. The first-order valence-corrected chi connectivity index (χ1v) is 10.6. The van der Waals surface area contributed by atoms with Crippen molar-refractivity contribution in [3.05, 3.63) is 17.6 Å². The van der Waals surface area contributed by atoms with E-state index in [1.165, 1.54) is 6.92 Å². The van der Waals surface area contributed by atoms with Gasteiger partial charge in [-0.05, 0) is 25.7 Å². The molecule has 2 fully saturated rings. The maximum atomic E-state index is 13.1. The lowest BCUT2D eigenvalue weighted by atomic mass is 10.0. The molecule has 2 aliphatic rings. The summed E-state index contributed by atoms with van der Waals surface area (Å²) in [5.41, 5.74) is 0.745. The first-order chi connectivity index (χ1) is 14.3. The summed E-state index contributed by atoms with van der Waals surface area (Å²) in [4.78, 5) is 53.2.